The highest BCUT2D eigenvalue weighted by atomic mass is 19.3. The first kappa shape index (κ1) is 16.1. The number of anilines is 1. The van der Waals surface area contributed by atoms with Crippen molar-refractivity contribution in [3.63, 3.8) is 0 Å². The first-order chi connectivity index (χ1) is 12.4. The molecule has 0 spiro atoms. The molecule has 4 bridgehead atoms. The van der Waals surface area contributed by atoms with Gasteiger partial charge in [0.2, 0.25) is 5.91 Å². The fourth-order valence-corrected chi connectivity index (χ4v) is 5.91. The van der Waals surface area contributed by atoms with E-state index in [2.05, 4.69) is 10.3 Å². The van der Waals surface area contributed by atoms with E-state index in [1.165, 1.54) is 18.8 Å². The summed E-state index contributed by atoms with van der Waals surface area (Å²) in [5.41, 5.74) is 0.261. The molecule has 1 aromatic rings. The highest BCUT2D eigenvalue weighted by Crippen LogP contribution is 2.65. The first-order valence-corrected chi connectivity index (χ1v) is 9.29. The van der Waals surface area contributed by atoms with Gasteiger partial charge in [-0.3, -0.25) is 14.6 Å². The van der Waals surface area contributed by atoms with Crippen molar-refractivity contribution in [2.24, 2.45) is 23.2 Å². The number of carbonyl (C=O) groups excluding carboxylic acids is 2. The van der Waals surface area contributed by atoms with Crippen LogP contribution in [0.25, 0.3) is 0 Å². The summed E-state index contributed by atoms with van der Waals surface area (Å²) in [5.74, 6) is -1.58. The molecule has 5 aliphatic rings. The Kier molecular flexibility index (Phi) is 3.25. The molecule has 6 rings (SSSR count). The van der Waals surface area contributed by atoms with Crippen LogP contribution in [0.15, 0.2) is 18.5 Å². The Balaban J connectivity index is 1.37. The van der Waals surface area contributed by atoms with Crippen LogP contribution >= 0.6 is 0 Å². The number of likely N-dealkylation sites (tertiary alicyclic amines) is 1. The molecular formula is C19H21F2N3O2. The zero-order valence-electron chi connectivity index (χ0n) is 14.4. The molecular weight excluding hydrogens is 340 g/mol. The van der Waals surface area contributed by atoms with E-state index in [-0.39, 0.29) is 16.9 Å². The molecule has 26 heavy (non-hydrogen) atoms. The van der Waals surface area contributed by atoms with Gasteiger partial charge < -0.3 is 10.2 Å². The number of pyridine rings is 1. The second kappa shape index (κ2) is 5.24. The third-order valence-electron chi connectivity index (χ3n) is 6.87. The zero-order valence-corrected chi connectivity index (χ0v) is 14.4. The van der Waals surface area contributed by atoms with Gasteiger partial charge in [0.1, 0.15) is 0 Å². The van der Waals surface area contributed by atoms with Crippen molar-refractivity contribution in [3.05, 3.63) is 24.0 Å². The lowest BCUT2D eigenvalue weighted by molar-refractivity contribution is -0.127. The molecule has 0 aromatic carbocycles. The van der Waals surface area contributed by atoms with E-state index < -0.39 is 24.9 Å². The minimum Gasteiger partial charge on any atom is -0.326 e. The second-order valence-electron chi connectivity index (χ2n) is 8.59. The quantitative estimate of drug-likeness (QED) is 0.900. The van der Waals surface area contributed by atoms with Crippen molar-refractivity contribution >= 4 is 17.5 Å². The van der Waals surface area contributed by atoms with Gasteiger partial charge in [0.05, 0.1) is 29.8 Å². The van der Waals surface area contributed by atoms with Crippen LogP contribution in [-0.2, 0) is 4.79 Å². The molecule has 138 valence electrons. The molecule has 1 saturated heterocycles. The number of carbonyl (C=O) groups is 2. The van der Waals surface area contributed by atoms with Crippen molar-refractivity contribution in [2.45, 2.75) is 38.0 Å². The van der Waals surface area contributed by atoms with Gasteiger partial charge in [0, 0.05) is 12.4 Å². The van der Waals surface area contributed by atoms with E-state index in [0.717, 1.165) is 30.6 Å². The molecule has 4 saturated carbocycles. The Morgan fingerprint density at radius 1 is 1.15 bits per heavy atom. The summed E-state index contributed by atoms with van der Waals surface area (Å²) in [6, 6.07) is 1.58. The number of hydrogen-bond acceptors (Lipinski definition) is 3. The second-order valence-corrected chi connectivity index (χ2v) is 8.59. The van der Waals surface area contributed by atoms with E-state index in [1.54, 1.807) is 6.07 Å². The van der Waals surface area contributed by atoms with Crippen molar-refractivity contribution in [3.8, 4) is 0 Å². The van der Waals surface area contributed by atoms with Crippen LogP contribution in [0, 0.1) is 23.2 Å². The Morgan fingerprint density at radius 2 is 1.85 bits per heavy atom. The lowest BCUT2D eigenvalue weighted by Crippen LogP contribution is -2.58. The van der Waals surface area contributed by atoms with Crippen LogP contribution in [0.5, 0.6) is 0 Å². The predicted molar refractivity (Wildman–Crippen MR) is 89.7 cm³/mol. The fourth-order valence-electron chi connectivity index (χ4n) is 5.91. The fraction of sp³-hybridized carbons (Fsp3) is 0.632. The Labute approximate surface area is 150 Å². The summed E-state index contributed by atoms with van der Waals surface area (Å²) in [7, 11) is 0. The standard InChI is InChI=1S/C19H21F2N3O2/c20-19(21)9-24(10-19)16(25)14-8-22-2-1-15(14)23-17(26)18-6-11-3-12(7-18)5-13(18)4-11/h1-2,8,11-13H,3-7,9-10H2,(H,22,23,26). The summed E-state index contributed by atoms with van der Waals surface area (Å²) in [6.07, 6.45) is 8.24. The van der Waals surface area contributed by atoms with Crippen LogP contribution in [-0.4, -0.2) is 40.7 Å². The molecule has 0 radical (unpaired) electrons. The molecule has 5 nitrogen and oxygen atoms in total. The molecule has 2 heterocycles. The lowest BCUT2D eigenvalue weighted by Gasteiger charge is -2.39. The number of nitrogens with zero attached hydrogens (tertiary/aromatic N) is 2. The summed E-state index contributed by atoms with van der Waals surface area (Å²) in [4.78, 5) is 30.7. The molecule has 2 atom stereocenters. The largest absolute Gasteiger partial charge is 0.326 e. The number of rotatable bonds is 3. The maximum absolute atomic E-state index is 13.1. The Hall–Kier alpha value is -2.05. The van der Waals surface area contributed by atoms with Crippen LogP contribution in [0.1, 0.15) is 42.5 Å². The smallest absolute Gasteiger partial charge is 0.282 e. The summed E-state index contributed by atoms with van der Waals surface area (Å²) >= 11 is 0. The van der Waals surface area contributed by atoms with E-state index in [0.29, 0.717) is 23.4 Å². The van der Waals surface area contributed by atoms with Gasteiger partial charge >= 0.3 is 0 Å². The van der Waals surface area contributed by atoms with Crippen LogP contribution in [0.2, 0.25) is 0 Å². The van der Waals surface area contributed by atoms with Gasteiger partial charge in [-0.15, -0.1) is 0 Å². The predicted octanol–water partition coefficient (Wildman–Crippen LogP) is 2.94. The summed E-state index contributed by atoms with van der Waals surface area (Å²) < 4.78 is 26.2. The topological polar surface area (TPSA) is 62.3 Å². The molecule has 1 aliphatic heterocycles. The minimum absolute atomic E-state index is 0.0126. The van der Waals surface area contributed by atoms with Crippen LogP contribution in [0.3, 0.4) is 0 Å². The zero-order chi connectivity index (χ0) is 18.1. The minimum atomic E-state index is -2.82. The van der Waals surface area contributed by atoms with E-state index in [9.17, 15) is 18.4 Å². The lowest BCUT2D eigenvalue weighted by atomic mass is 9.75. The van der Waals surface area contributed by atoms with E-state index in [4.69, 9.17) is 0 Å². The molecule has 5 fully saturated rings. The third-order valence-corrected chi connectivity index (χ3v) is 6.87. The number of alkyl halides is 2. The van der Waals surface area contributed by atoms with Crippen LogP contribution in [0.4, 0.5) is 14.5 Å². The average molecular weight is 361 g/mol. The van der Waals surface area contributed by atoms with E-state index in [1.807, 2.05) is 0 Å². The summed E-state index contributed by atoms with van der Waals surface area (Å²) in [5, 5.41) is 2.95. The monoisotopic (exact) mass is 361 g/mol. The van der Waals surface area contributed by atoms with Gasteiger partial charge in [-0.25, -0.2) is 8.78 Å². The van der Waals surface area contributed by atoms with E-state index >= 15 is 0 Å². The Morgan fingerprint density at radius 3 is 2.50 bits per heavy atom. The first-order valence-electron chi connectivity index (χ1n) is 9.29. The van der Waals surface area contributed by atoms with Gasteiger partial charge in [0.15, 0.2) is 0 Å². The van der Waals surface area contributed by atoms with Crippen molar-refractivity contribution in [2.75, 3.05) is 18.4 Å². The molecule has 2 unspecified atom stereocenters. The Bertz CT molecular complexity index is 775. The highest BCUT2D eigenvalue weighted by Gasteiger charge is 2.61. The number of aromatic nitrogens is 1. The summed E-state index contributed by atoms with van der Waals surface area (Å²) in [6.45, 7) is -1.16. The van der Waals surface area contributed by atoms with Gasteiger partial charge in [-0.05, 0) is 55.9 Å². The van der Waals surface area contributed by atoms with Gasteiger partial charge in [-0.2, -0.15) is 0 Å². The average Bonchev–Trinajstić information content (AvgIpc) is 2.98. The number of amides is 2. The molecule has 7 heteroatoms. The van der Waals surface area contributed by atoms with Gasteiger partial charge in [-0.1, -0.05) is 0 Å². The van der Waals surface area contributed by atoms with Crippen molar-refractivity contribution in [1.29, 1.82) is 0 Å². The van der Waals surface area contributed by atoms with Crippen molar-refractivity contribution in [1.82, 2.24) is 9.88 Å². The molecule has 4 aliphatic carbocycles. The molecule has 1 N–H and O–H groups in total. The molecule has 1 aromatic heterocycles. The van der Waals surface area contributed by atoms with Crippen molar-refractivity contribution < 1.29 is 18.4 Å². The highest BCUT2D eigenvalue weighted by molar-refractivity contribution is 6.05. The number of halogens is 2. The maximum atomic E-state index is 13.1. The SMILES string of the molecule is O=C(c1cnccc1NC(=O)C12CC3CC(CC1C3)C2)N1CC(F)(F)C1. The third kappa shape index (κ3) is 2.28. The maximum Gasteiger partial charge on any atom is 0.282 e. The van der Waals surface area contributed by atoms with Gasteiger partial charge in [0.25, 0.3) is 11.8 Å². The number of hydrogen-bond donors (Lipinski definition) is 1. The van der Waals surface area contributed by atoms with Crippen LogP contribution < -0.4 is 5.32 Å². The number of nitrogens with one attached hydrogen (secondary N) is 1. The normalized spacial score (nSPS) is 36.1. The molecule has 2 amide bonds.